The summed E-state index contributed by atoms with van der Waals surface area (Å²) < 4.78 is 41.7. The molecule has 0 aliphatic heterocycles. The highest BCUT2D eigenvalue weighted by Gasteiger charge is 2.27. The van der Waals surface area contributed by atoms with Gasteiger partial charge in [0.15, 0.2) is 0 Å². The van der Waals surface area contributed by atoms with Crippen molar-refractivity contribution >= 4 is 31.9 Å². The third kappa shape index (κ3) is 6.22. The van der Waals surface area contributed by atoms with E-state index in [1.165, 1.54) is 36.4 Å². The predicted octanol–water partition coefficient (Wildman–Crippen LogP) is 4.66. The fraction of sp³-hybridized carbons (Fsp3) is 0.174. The van der Waals surface area contributed by atoms with Gasteiger partial charge in [0.2, 0.25) is 15.9 Å². The van der Waals surface area contributed by atoms with Gasteiger partial charge < -0.3 is 5.32 Å². The molecule has 0 aromatic heterocycles. The molecule has 0 heterocycles. The van der Waals surface area contributed by atoms with Crippen LogP contribution < -0.4 is 5.32 Å². The lowest BCUT2D eigenvalue weighted by atomic mass is 10.1. The molecule has 3 rings (SSSR count). The minimum atomic E-state index is -3.94. The van der Waals surface area contributed by atoms with Gasteiger partial charge in [0.25, 0.3) is 0 Å². The normalized spacial score (nSPS) is 12.5. The molecular formula is C23H22BrFN2O3S. The Labute approximate surface area is 190 Å². The van der Waals surface area contributed by atoms with E-state index in [1.54, 1.807) is 18.2 Å². The van der Waals surface area contributed by atoms with Crippen molar-refractivity contribution in [2.45, 2.75) is 24.4 Å². The van der Waals surface area contributed by atoms with Crippen LogP contribution in [0.3, 0.4) is 0 Å². The minimum Gasteiger partial charge on any atom is -0.348 e. The standard InChI is InChI=1S/C23H22BrFN2O3S/c1-17(19-9-11-20(24)12-10-19)26-23(28)16-27(15-18-7-13-21(25)14-8-18)31(29,30)22-5-3-2-4-6-22/h2-14,17H,15-16H2,1H3,(H,26,28). The van der Waals surface area contributed by atoms with Crippen LogP contribution >= 0.6 is 15.9 Å². The Bertz CT molecular complexity index is 1120. The Kier molecular flexibility index (Phi) is 7.59. The molecule has 5 nitrogen and oxygen atoms in total. The minimum absolute atomic E-state index is 0.0579. The maximum absolute atomic E-state index is 13.3. The van der Waals surface area contributed by atoms with E-state index in [1.807, 2.05) is 31.2 Å². The number of carbonyl (C=O) groups excluding carboxylic acids is 1. The summed E-state index contributed by atoms with van der Waals surface area (Å²) in [6.07, 6.45) is 0. The molecule has 0 bridgehead atoms. The lowest BCUT2D eigenvalue weighted by molar-refractivity contribution is -0.122. The first-order valence-electron chi connectivity index (χ1n) is 9.60. The molecule has 3 aromatic carbocycles. The summed E-state index contributed by atoms with van der Waals surface area (Å²) in [5, 5.41) is 2.84. The third-order valence-corrected chi connectivity index (χ3v) is 7.06. The summed E-state index contributed by atoms with van der Waals surface area (Å²) in [6, 6.07) is 20.7. The van der Waals surface area contributed by atoms with Crippen LogP contribution in [0.2, 0.25) is 0 Å². The molecule has 31 heavy (non-hydrogen) atoms. The Morgan fingerprint density at radius 2 is 1.61 bits per heavy atom. The van der Waals surface area contributed by atoms with Crippen molar-refractivity contribution in [2.24, 2.45) is 0 Å². The third-order valence-electron chi connectivity index (χ3n) is 4.72. The molecule has 1 N–H and O–H groups in total. The molecule has 0 radical (unpaired) electrons. The zero-order valence-corrected chi connectivity index (χ0v) is 19.2. The van der Waals surface area contributed by atoms with Gasteiger partial charge in [-0.3, -0.25) is 4.79 Å². The van der Waals surface area contributed by atoms with Crippen molar-refractivity contribution in [3.05, 3.63) is 100 Å². The first-order valence-corrected chi connectivity index (χ1v) is 11.8. The van der Waals surface area contributed by atoms with Gasteiger partial charge in [-0.25, -0.2) is 12.8 Å². The number of hydrogen-bond acceptors (Lipinski definition) is 3. The molecule has 8 heteroatoms. The van der Waals surface area contributed by atoms with Gasteiger partial charge in [0, 0.05) is 11.0 Å². The van der Waals surface area contributed by atoms with Gasteiger partial charge in [-0.1, -0.05) is 58.4 Å². The van der Waals surface area contributed by atoms with Crippen LogP contribution in [0.25, 0.3) is 0 Å². The number of halogens is 2. The molecule has 0 saturated carbocycles. The van der Waals surface area contributed by atoms with Crippen molar-refractivity contribution in [3.63, 3.8) is 0 Å². The highest BCUT2D eigenvalue weighted by molar-refractivity contribution is 9.10. The number of sulfonamides is 1. The lowest BCUT2D eigenvalue weighted by Crippen LogP contribution is -2.41. The highest BCUT2D eigenvalue weighted by atomic mass is 79.9. The van der Waals surface area contributed by atoms with Crippen LogP contribution in [0.1, 0.15) is 24.1 Å². The fourth-order valence-electron chi connectivity index (χ4n) is 3.04. The van der Waals surface area contributed by atoms with Crippen LogP contribution in [0, 0.1) is 5.82 Å². The molecule has 1 atom stereocenters. The molecule has 0 fully saturated rings. The molecular weight excluding hydrogens is 483 g/mol. The topological polar surface area (TPSA) is 66.5 Å². The van der Waals surface area contributed by atoms with E-state index in [0.29, 0.717) is 5.56 Å². The van der Waals surface area contributed by atoms with Gasteiger partial charge in [-0.05, 0) is 54.4 Å². The highest BCUT2D eigenvalue weighted by Crippen LogP contribution is 2.20. The van der Waals surface area contributed by atoms with Crippen LogP contribution in [0.5, 0.6) is 0 Å². The summed E-state index contributed by atoms with van der Waals surface area (Å²) >= 11 is 3.37. The predicted molar refractivity (Wildman–Crippen MR) is 121 cm³/mol. The number of hydrogen-bond donors (Lipinski definition) is 1. The van der Waals surface area contributed by atoms with Gasteiger partial charge >= 0.3 is 0 Å². The molecule has 0 aliphatic rings. The number of rotatable bonds is 8. The first kappa shape index (κ1) is 23.1. The second-order valence-corrected chi connectivity index (χ2v) is 9.91. The van der Waals surface area contributed by atoms with Crippen molar-refractivity contribution < 1.29 is 17.6 Å². The number of benzene rings is 3. The SMILES string of the molecule is CC(NC(=O)CN(Cc1ccc(F)cc1)S(=O)(=O)c1ccccc1)c1ccc(Br)cc1. The quantitative estimate of drug-likeness (QED) is 0.485. The Morgan fingerprint density at radius 3 is 2.23 bits per heavy atom. The van der Waals surface area contributed by atoms with Gasteiger partial charge in [0.1, 0.15) is 5.82 Å². The maximum Gasteiger partial charge on any atom is 0.243 e. The summed E-state index contributed by atoms with van der Waals surface area (Å²) in [5.41, 5.74) is 1.47. The summed E-state index contributed by atoms with van der Waals surface area (Å²) in [6.45, 7) is 1.41. The number of nitrogens with one attached hydrogen (secondary N) is 1. The van der Waals surface area contributed by atoms with Crippen LogP contribution in [-0.2, 0) is 21.4 Å². The molecule has 1 amide bonds. The molecule has 1 unspecified atom stereocenters. The first-order chi connectivity index (χ1) is 14.8. The van der Waals surface area contributed by atoms with E-state index in [2.05, 4.69) is 21.2 Å². The largest absolute Gasteiger partial charge is 0.348 e. The maximum atomic E-state index is 13.3. The molecule has 0 spiro atoms. The molecule has 3 aromatic rings. The summed E-state index contributed by atoms with van der Waals surface area (Å²) in [5.74, 6) is -0.848. The van der Waals surface area contributed by atoms with Crippen LogP contribution in [0.15, 0.2) is 88.2 Å². The van der Waals surface area contributed by atoms with E-state index in [0.717, 1.165) is 14.3 Å². The summed E-state index contributed by atoms with van der Waals surface area (Å²) in [4.78, 5) is 12.8. The fourth-order valence-corrected chi connectivity index (χ4v) is 4.71. The lowest BCUT2D eigenvalue weighted by Gasteiger charge is -2.23. The number of carbonyl (C=O) groups is 1. The van der Waals surface area contributed by atoms with Crippen molar-refractivity contribution in [1.29, 1.82) is 0 Å². The Balaban J connectivity index is 1.81. The number of amides is 1. The van der Waals surface area contributed by atoms with E-state index in [4.69, 9.17) is 0 Å². The Morgan fingerprint density at radius 1 is 1.00 bits per heavy atom. The van der Waals surface area contributed by atoms with Crippen molar-refractivity contribution in [2.75, 3.05) is 6.54 Å². The smallest absolute Gasteiger partial charge is 0.243 e. The second-order valence-electron chi connectivity index (χ2n) is 7.05. The van der Waals surface area contributed by atoms with Gasteiger partial charge in [0.05, 0.1) is 17.5 Å². The number of nitrogens with zero attached hydrogens (tertiary/aromatic N) is 1. The van der Waals surface area contributed by atoms with Gasteiger partial charge in [-0.2, -0.15) is 4.31 Å². The zero-order valence-electron chi connectivity index (χ0n) is 16.8. The van der Waals surface area contributed by atoms with E-state index in [9.17, 15) is 17.6 Å². The van der Waals surface area contributed by atoms with Gasteiger partial charge in [-0.15, -0.1) is 0 Å². The summed E-state index contributed by atoms with van der Waals surface area (Å²) in [7, 11) is -3.94. The monoisotopic (exact) mass is 504 g/mol. The Hall–Kier alpha value is -2.55. The van der Waals surface area contributed by atoms with E-state index >= 15 is 0 Å². The van der Waals surface area contributed by atoms with Crippen molar-refractivity contribution in [3.8, 4) is 0 Å². The molecule has 162 valence electrons. The average molecular weight is 505 g/mol. The molecule has 0 saturated heterocycles. The zero-order chi connectivity index (χ0) is 22.4. The van der Waals surface area contributed by atoms with E-state index < -0.39 is 21.7 Å². The average Bonchev–Trinajstić information content (AvgIpc) is 2.75. The van der Waals surface area contributed by atoms with Crippen LogP contribution in [0.4, 0.5) is 4.39 Å². The van der Waals surface area contributed by atoms with Crippen LogP contribution in [-0.4, -0.2) is 25.2 Å². The van der Waals surface area contributed by atoms with E-state index in [-0.39, 0.29) is 24.0 Å². The van der Waals surface area contributed by atoms with Crippen molar-refractivity contribution in [1.82, 2.24) is 9.62 Å². The molecule has 0 aliphatic carbocycles. The second kappa shape index (κ2) is 10.2.